The number of nitrogens with zero attached hydrogens (tertiary/aromatic N) is 2. The molecule has 3 heteroatoms. The number of ketones is 1. The fourth-order valence-electron chi connectivity index (χ4n) is 4.92. The Bertz CT molecular complexity index is 724. The number of aromatic nitrogens is 2. The molecule has 0 radical (unpaired) electrons. The molecule has 6 rings (SSSR count). The van der Waals surface area contributed by atoms with Crippen molar-refractivity contribution < 1.29 is 4.79 Å². The Morgan fingerprint density at radius 1 is 1.10 bits per heavy atom. The summed E-state index contributed by atoms with van der Waals surface area (Å²) < 4.78 is 2.24. The van der Waals surface area contributed by atoms with Gasteiger partial charge in [0.25, 0.3) is 0 Å². The zero-order valence-corrected chi connectivity index (χ0v) is 11.9. The SMILES string of the molecule is O=C1C2CCC(CC2)[C@H]1[C@@H]1c2ccccc2-c2cncn21. The third-order valence-electron chi connectivity index (χ3n) is 5.87. The number of hydrogen-bond acceptors (Lipinski definition) is 2. The Labute approximate surface area is 124 Å². The van der Waals surface area contributed by atoms with Crippen LogP contribution in [0.3, 0.4) is 0 Å². The lowest BCUT2D eigenvalue weighted by atomic mass is 9.61. The zero-order valence-electron chi connectivity index (χ0n) is 11.9. The van der Waals surface area contributed by atoms with Crippen LogP contribution in [0.25, 0.3) is 11.3 Å². The van der Waals surface area contributed by atoms with E-state index in [0.717, 1.165) is 12.8 Å². The van der Waals surface area contributed by atoms with E-state index in [1.807, 2.05) is 12.5 Å². The summed E-state index contributed by atoms with van der Waals surface area (Å²) in [5.41, 5.74) is 3.75. The van der Waals surface area contributed by atoms with Crippen molar-refractivity contribution in [1.29, 1.82) is 0 Å². The molecule has 0 saturated heterocycles. The van der Waals surface area contributed by atoms with Gasteiger partial charge in [-0.1, -0.05) is 24.3 Å². The van der Waals surface area contributed by atoms with Gasteiger partial charge in [0.15, 0.2) is 0 Å². The van der Waals surface area contributed by atoms with Crippen LogP contribution in [-0.4, -0.2) is 15.3 Å². The van der Waals surface area contributed by atoms with Crippen molar-refractivity contribution in [3.8, 4) is 11.3 Å². The number of carbonyl (C=O) groups is 1. The fourth-order valence-corrected chi connectivity index (χ4v) is 4.92. The van der Waals surface area contributed by atoms with E-state index >= 15 is 0 Å². The first-order valence-electron chi connectivity index (χ1n) is 7.99. The van der Waals surface area contributed by atoms with Crippen LogP contribution in [0.2, 0.25) is 0 Å². The van der Waals surface area contributed by atoms with Gasteiger partial charge in [-0.25, -0.2) is 4.98 Å². The van der Waals surface area contributed by atoms with Crippen molar-refractivity contribution in [3.63, 3.8) is 0 Å². The summed E-state index contributed by atoms with van der Waals surface area (Å²) in [6.45, 7) is 0. The van der Waals surface area contributed by atoms with E-state index in [0.29, 0.717) is 17.6 Å². The van der Waals surface area contributed by atoms with Crippen LogP contribution in [0.15, 0.2) is 36.8 Å². The van der Waals surface area contributed by atoms with E-state index in [-0.39, 0.29) is 12.0 Å². The van der Waals surface area contributed by atoms with Crippen molar-refractivity contribution in [3.05, 3.63) is 42.4 Å². The van der Waals surface area contributed by atoms with Crippen LogP contribution in [-0.2, 0) is 4.79 Å². The lowest BCUT2D eigenvalue weighted by molar-refractivity contribution is -0.137. The molecule has 0 N–H and O–H groups in total. The predicted molar refractivity (Wildman–Crippen MR) is 79.7 cm³/mol. The lowest BCUT2D eigenvalue weighted by Crippen LogP contribution is -2.44. The Morgan fingerprint density at radius 3 is 2.71 bits per heavy atom. The van der Waals surface area contributed by atoms with Crippen molar-refractivity contribution in [2.24, 2.45) is 17.8 Å². The predicted octanol–water partition coefficient (Wildman–Crippen LogP) is 3.46. The monoisotopic (exact) mass is 278 g/mol. The topological polar surface area (TPSA) is 34.9 Å². The van der Waals surface area contributed by atoms with E-state index in [1.165, 1.54) is 29.7 Å². The molecule has 0 amide bonds. The average molecular weight is 278 g/mol. The molecule has 2 heterocycles. The van der Waals surface area contributed by atoms with E-state index < -0.39 is 0 Å². The Kier molecular flexibility index (Phi) is 2.27. The molecule has 1 aromatic heterocycles. The summed E-state index contributed by atoms with van der Waals surface area (Å²) in [4.78, 5) is 17.2. The highest BCUT2D eigenvalue weighted by molar-refractivity contribution is 5.87. The van der Waals surface area contributed by atoms with Gasteiger partial charge in [0.1, 0.15) is 5.78 Å². The minimum absolute atomic E-state index is 0.161. The average Bonchev–Trinajstić information content (AvgIpc) is 3.10. The number of fused-ring (bicyclic) bond motifs is 6. The van der Waals surface area contributed by atoms with Crippen molar-refractivity contribution in [1.82, 2.24) is 9.55 Å². The van der Waals surface area contributed by atoms with Crippen LogP contribution in [0.4, 0.5) is 0 Å². The minimum atomic E-state index is 0.161. The van der Waals surface area contributed by atoms with Crippen molar-refractivity contribution >= 4 is 5.78 Å². The largest absolute Gasteiger partial charge is 0.322 e. The van der Waals surface area contributed by atoms with Crippen molar-refractivity contribution in [2.45, 2.75) is 31.7 Å². The number of Topliss-reactive ketones (excluding diaryl/α,β-unsaturated/α-hetero) is 1. The van der Waals surface area contributed by atoms with Gasteiger partial charge < -0.3 is 4.57 Å². The first-order valence-corrected chi connectivity index (χ1v) is 7.99. The zero-order chi connectivity index (χ0) is 14.0. The third kappa shape index (κ3) is 1.44. The van der Waals surface area contributed by atoms with Crippen LogP contribution >= 0.6 is 0 Å². The maximum absolute atomic E-state index is 12.9. The van der Waals surface area contributed by atoms with E-state index in [4.69, 9.17) is 0 Å². The number of hydrogen-bond donors (Lipinski definition) is 0. The Morgan fingerprint density at radius 2 is 1.90 bits per heavy atom. The fraction of sp³-hybridized carbons (Fsp3) is 0.444. The van der Waals surface area contributed by atoms with Gasteiger partial charge >= 0.3 is 0 Å². The molecule has 0 unspecified atom stereocenters. The highest BCUT2D eigenvalue weighted by Crippen LogP contribution is 2.52. The van der Waals surface area contributed by atoms with Crippen LogP contribution in [0, 0.1) is 17.8 Å². The smallest absolute Gasteiger partial charge is 0.141 e. The molecule has 3 saturated carbocycles. The van der Waals surface area contributed by atoms with Gasteiger partial charge in [0.05, 0.1) is 24.3 Å². The second-order valence-corrected chi connectivity index (χ2v) is 6.76. The number of imidazole rings is 1. The first-order chi connectivity index (χ1) is 10.3. The van der Waals surface area contributed by atoms with Gasteiger partial charge in [-0.3, -0.25) is 4.79 Å². The second kappa shape index (κ2) is 4.06. The van der Waals surface area contributed by atoms with E-state index in [2.05, 4.69) is 33.8 Å². The first kappa shape index (κ1) is 11.7. The lowest BCUT2D eigenvalue weighted by Gasteiger charge is -2.44. The van der Waals surface area contributed by atoms with Gasteiger partial charge in [0.2, 0.25) is 0 Å². The highest BCUT2D eigenvalue weighted by atomic mass is 16.1. The molecule has 21 heavy (non-hydrogen) atoms. The highest BCUT2D eigenvalue weighted by Gasteiger charge is 2.49. The molecule has 3 aliphatic carbocycles. The van der Waals surface area contributed by atoms with E-state index in [1.54, 1.807) is 0 Å². The summed E-state index contributed by atoms with van der Waals surface area (Å²) in [7, 11) is 0. The third-order valence-corrected chi connectivity index (χ3v) is 5.87. The van der Waals surface area contributed by atoms with Crippen LogP contribution < -0.4 is 0 Å². The number of carbonyl (C=O) groups excluding carboxylic acids is 1. The maximum Gasteiger partial charge on any atom is 0.141 e. The summed E-state index contributed by atoms with van der Waals surface area (Å²) in [5, 5.41) is 0. The summed E-state index contributed by atoms with van der Waals surface area (Å²) >= 11 is 0. The van der Waals surface area contributed by atoms with Gasteiger partial charge in [-0.05, 0) is 37.2 Å². The molecule has 1 aromatic carbocycles. The number of rotatable bonds is 1. The molecule has 4 aliphatic rings. The quantitative estimate of drug-likeness (QED) is 0.800. The van der Waals surface area contributed by atoms with Gasteiger partial charge in [-0.2, -0.15) is 0 Å². The maximum atomic E-state index is 12.9. The minimum Gasteiger partial charge on any atom is -0.322 e. The normalized spacial score (nSPS) is 33.0. The molecule has 3 fully saturated rings. The van der Waals surface area contributed by atoms with Gasteiger partial charge in [-0.15, -0.1) is 0 Å². The second-order valence-electron chi connectivity index (χ2n) is 6.76. The molecule has 106 valence electrons. The molecule has 2 bridgehead atoms. The summed E-state index contributed by atoms with van der Waals surface area (Å²) in [6.07, 6.45) is 8.53. The van der Waals surface area contributed by atoms with Crippen molar-refractivity contribution in [2.75, 3.05) is 0 Å². The van der Waals surface area contributed by atoms with Gasteiger partial charge in [0, 0.05) is 17.4 Å². The van der Waals surface area contributed by atoms with E-state index in [9.17, 15) is 4.79 Å². The molecule has 3 nitrogen and oxygen atoms in total. The number of benzene rings is 1. The standard InChI is InChI=1S/C18H18N2O/c21-18-12-7-5-11(6-8-12)16(18)17-14-4-2-1-3-13(14)15-9-19-10-20(15)17/h1-4,9-12,16-17H,5-8H2/t11?,12?,16-,17-/m0/s1. The molecule has 2 aromatic rings. The Balaban J connectivity index is 1.68. The summed E-state index contributed by atoms with van der Waals surface area (Å²) in [6, 6.07) is 8.71. The molecule has 1 aliphatic heterocycles. The summed E-state index contributed by atoms with van der Waals surface area (Å²) in [5.74, 6) is 1.56. The molecule has 0 spiro atoms. The molecule has 2 atom stereocenters. The molecular formula is C18H18N2O. The Hall–Kier alpha value is -1.90. The molecular weight excluding hydrogens is 260 g/mol. The van der Waals surface area contributed by atoms with Crippen LogP contribution in [0.1, 0.15) is 37.3 Å². The van der Waals surface area contributed by atoms with Crippen LogP contribution in [0.5, 0.6) is 0 Å².